The third-order valence-electron chi connectivity index (χ3n) is 2.34. The first kappa shape index (κ1) is 13.1. The van der Waals surface area contributed by atoms with Crippen molar-refractivity contribution in [2.45, 2.75) is 36.5 Å². The summed E-state index contributed by atoms with van der Waals surface area (Å²) in [4.78, 5) is 1.33. The van der Waals surface area contributed by atoms with Gasteiger partial charge in [0, 0.05) is 20.7 Å². The highest BCUT2D eigenvalue weighted by atomic mass is 79.9. The van der Waals surface area contributed by atoms with Gasteiger partial charge >= 0.3 is 0 Å². The summed E-state index contributed by atoms with van der Waals surface area (Å²) in [6.07, 6.45) is 1.18. The maximum atomic E-state index is 3.57. The van der Waals surface area contributed by atoms with Crippen LogP contribution >= 0.6 is 27.7 Å². The first-order valence-corrected chi connectivity index (χ1v) is 6.89. The van der Waals surface area contributed by atoms with Crippen molar-refractivity contribution in [3.05, 3.63) is 28.7 Å². The molecule has 1 nitrogen and oxygen atoms in total. The van der Waals surface area contributed by atoms with Crippen molar-refractivity contribution in [2.75, 3.05) is 7.05 Å². The van der Waals surface area contributed by atoms with Crippen LogP contribution in [-0.4, -0.2) is 18.3 Å². The Morgan fingerprint density at radius 2 is 2.00 bits per heavy atom. The van der Waals surface area contributed by atoms with E-state index in [1.807, 2.05) is 18.8 Å². The van der Waals surface area contributed by atoms with E-state index < -0.39 is 0 Å². The van der Waals surface area contributed by atoms with Crippen LogP contribution in [-0.2, 0) is 0 Å². The second kappa shape index (κ2) is 6.56. The third-order valence-corrected chi connectivity index (χ3v) is 4.50. The highest BCUT2D eigenvalue weighted by molar-refractivity contribution is 9.10. The monoisotopic (exact) mass is 287 g/mol. The van der Waals surface area contributed by atoms with Gasteiger partial charge in [0.1, 0.15) is 0 Å². The Balaban J connectivity index is 2.51. The molecule has 0 saturated carbocycles. The van der Waals surface area contributed by atoms with Crippen molar-refractivity contribution in [3.8, 4) is 0 Å². The minimum atomic E-state index is 0.579. The molecule has 0 amide bonds. The van der Waals surface area contributed by atoms with Crippen LogP contribution in [0.1, 0.15) is 20.3 Å². The van der Waals surface area contributed by atoms with Gasteiger partial charge in [-0.05, 0) is 48.5 Å². The molecule has 0 fully saturated rings. The number of benzene rings is 1. The summed E-state index contributed by atoms with van der Waals surface area (Å²) in [7, 11) is 2.01. The summed E-state index contributed by atoms with van der Waals surface area (Å²) >= 11 is 5.50. The van der Waals surface area contributed by atoms with Crippen LogP contribution in [0.3, 0.4) is 0 Å². The average molecular weight is 288 g/mol. The lowest BCUT2D eigenvalue weighted by atomic mass is 10.2. The van der Waals surface area contributed by atoms with Crippen molar-refractivity contribution in [1.82, 2.24) is 5.32 Å². The van der Waals surface area contributed by atoms with E-state index in [4.69, 9.17) is 0 Å². The molecule has 15 heavy (non-hydrogen) atoms. The Labute approximate surface area is 105 Å². The molecule has 2 unspecified atom stereocenters. The molecule has 0 aliphatic carbocycles. The number of hydrogen-bond acceptors (Lipinski definition) is 2. The van der Waals surface area contributed by atoms with Crippen LogP contribution in [0.15, 0.2) is 33.6 Å². The highest BCUT2D eigenvalue weighted by Crippen LogP contribution is 2.31. The largest absolute Gasteiger partial charge is 0.317 e. The normalized spacial score (nSPS) is 14.9. The van der Waals surface area contributed by atoms with Gasteiger partial charge in [-0.1, -0.05) is 19.1 Å². The van der Waals surface area contributed by atoms with Gasteiger partial charge in [-0.3, -0.25) is 0 Å². The van der Waals surface area contributed by atoms with Crippen molar-refractivity contribution in [1.29, 1.82) is 0 Å². The molecule has 3 heteroatoms. The predicted molar refractivity (Wildman–Crippen MR) is 72.6 cm³/mol. The number of rotatable bonds is 5. The Morgan fingerprint density at radius 1 is 1.33 bits per heavy atom. The second-order valence-corrected chi connectivity index (χ2v) is 6.12. The molecule has 2 atom stereocenters. The van der Waals surface area contributed by atoms with Gasteiger partial charge in [0.15, 0.2) is 0 Å². The van der Waals surface area contributed by atoms with Crippen molar-refractivity contribution in [3.63, 3.8) is 0 Å². The van der Waals surface area contributed by atoms with Crippen LogP contribution in [0.25, 0.3) is 0 Å². The molecular formula is C12H18BrNS. The molecule has 0 aliphatic heterocycles. The number of halogens is 1. The molecule has 84 valence electrons. The van der Waals surface area contributed by atoms with Gasteiger partial charge < -0.3 is 5.32 Å². The van der Waals surface area contributed by atoms with Crippen LogP contribution in [0, 0.1) is 0 Å². The van der Waals surface area contributed by atoms with Crippen molar-refractivity contribution < 1.29 is 0 Å². The SMILES string of the molecule is CNC(C)CC(C)Sc1ccccc1Br. The smallest absolute Gasteiger partial charge is 0.0311 e. The van der Waals surface area contributed by atoms with Crippen LogP contribution in [0.4, 0.5) is 0 Å². The molecule has 1 aromatic carbocycles. The molecule has 0 saturated heterocycles. The van der Waals surface area contributed by atoms with E-state index in [9.17, 15) is 0 Å². The number of hydrogen-bond donors (Lipinski definition) is 1. The first-order chi connectivity index (χ1) is 7.13. The first-order valence-electron chi connectivity index (χ1n) is 5.22. The lowest BCUT2D eigenvalue weighted by Gasteiger charge is -2.16. The van der Waals surface area contributed by atoms with Crippen LogP contribution < -0.4 is 5.32 Å². The Kier molecular flexibility index (Phi) is 5.72. The minimum Gasteiger partial charge on any atom is -0.317 e. The number of thioether (sulfide) groups is 1. The van der Waals surface area contributed by atoms with Gasteiger partial charge in [-0.25, -0.2) is 0 Å². The molecule has 0 heterocycles. The lowest BCUT2D eigenvalue weighted by molar-refractivity contribution is 0.564. The minimum absolute atomic E-state index is 0.579. The van der Waals surface area contributed by atoms with E-state index in [1.165, 1.54) is 15.8 Å². The highest BCUT2D eigenvalue weighted by Gasteiger charge is 2.09. The molecule has 0 spiro atoms. The second-order valence-electron chi connectivity index (χ2n) is 3.78. The topological polar surface area (TPSA) is 12.0 Å². The van der Waals surface area contributed by atoms with Gasteiger partial charge in [-0.15, -0.1) is 11.8 Å². The van der Waals surface area contributed by atoms with E-state index in [0.29, 0.717) is 11.3 Å². The fourth-order valence-corrected chi connectivity index (χ4v) is 3.14. The Morgan fingerprint density at radius 3 is 2.60 bits per heavy atom. The van der Waals surface area contributed by atoms with Gasteiger partial charge in [0.25, 0.3) is 0 Å². The number of nitrogens with one attached hydrogen (secondary N) is 1. The fraction of sp³-hybridized carbons (Fsp3) is 0.500. The molecule has 1 aromatic rings. The summed E-state index contributed by atoms with van der Waals surface area (Å²) in [5.41, 5.74) is 0. The summed E-state index contributed by atoms with van der Waals surface area (Å²) in [6, 6.07) is 8.97. The average Bonchev–Trinajstić information content (AvgIpc) is 2.21. The molecule has 0 aromatic heterocycles. The van der Waals surface area contributed by atoms with Gasteiger partial charge in [0.05, 0.1) is 0 Å². The van der Waals surface area contributed by atoms with E-state index in [1.54, 1.807) is 0 Å². The summed E-state index contributed by atoms with van der Waals surface area (Å²) < 4.78 is 1.19. The molecule has 0 radical (unpaired) electrons. The van der Waals surface area contributed by atoms with Crippen molar-refractivity contribution >= 4 is 27.7 Å². The summed E-state index contributed by atoms with van der Waals surface area (Å²) in [6.45, 7) is 4.50. The van der Waals surface area contributed by atoms with E-state index in [0.717, 1.165) is 0 Å². The maximum Gasteiger partial charge on any atom is 0.0311 e. The third kappa shape index (κ3) is 4.58. The maximum absolute atomic E-state index is 3.57. The van der Waals surface area contributed by atoms with E-state index in [-0.39, 0.29) is 0 Å². The fourth-order valence-electron chi connectivity index (χ4n) is 1.42. The lowest BCUT2D eigenvalue weighted by Crippen LogP contribution is -2.24. The summed E-state index contributed by atoms with van der Waals surface area (Å²) in [5.74, 6) is 0. The van der Waals surface area contributed by atoms with E-state index >= 15 is 0 Å². The Bertz CT molecular complexity index is 303. The van der Waals surface area contributed by atoms with Gasteiger partial charge in [0.2, 0.25) is 0 Å². The zero-order valence-corrected chi connectivity index (χ0v) is 11.9. The molecule has 1 N–H and O–H groups in total. The quantitative estimate of drug-likeness (QED) is 0.824. The standard InChI is InChI=1S/C12H18BrNS/c1-9(14-3)8-10(2)15-12-7-5-4-6-11(12)13/h4-7,9-10,14H,8H2,1-3H3. The molecule has 0 bridgehead atoms. The molecule has 1 rings (SSSR count). The molecule has 0 aliphatic rings. The van der Waals surface area contributed by atoms with Crippen LogP contribution in [0.2, 0.25) is 0 Å². The van der Waals surface area contributed by atoms with Gasteiger partial charge in [-0.2, -0.15) is 0 Å². The zero-order chi connectivity index (χ0) is 11.3. The van der Waals surface area contributed by atoms with E-state index in [2.05, 4.69) is 59.4 Å². The summed E-state index contributed by atoms with van der Waals surface area (Å²) in [5, 5.41) is 3.90. The zero-order valence-electron chi connectivity index (χ0n) is 9.46. The Hall–Kier alpha value is 0.01000. The molecular weight excluding hydrogens is 270 g/mol. The van der Waals surface area contributed by atoms with Crippen LogP contribution in [0.5, 0.6) is 0 Å². The predicted octanol–water partition coefficient (Wildman–Crippen LogP) is 3.93. The van der Waals surface area contributed by atoms with Crippen molar-refractivity contribution in [2.24, 2.45) is 0 Å².